The van der Waals surface area contributed by atoms with Crippen LogP contribution in [0.15, 0.2) is 17.6 Å². The van der Waals surface area contributed by atoms with Gasteiger partial charge in [-0.25, -0.2) is 28.5 Å². The average molecular weight is 680 g/mol. The molecule has 2 aromatic rings. The number of hydrogen-bond acceptors (Lipinski definition) is 18. The highest BCUT2D eigenvalue weighted by Crippen LogP contribution is 2.53. The number of alkyl halides is 1. The van der Waals surface area contributed by atoms with Crippen LogP contribution in [0.1, 0.15) is 6.23 Å². The van der Waals surface area contributed by atoms with Crippen LogP contribution in [0.25, 0.3) is 11.2 Å². The molecule has 7 heterocycles. The molecular weight excluding hydrogens is 653 g/mol. The maximum atomic E-state index is 15.8. The first kappa shape index (κ1) is 30.9. The number of nitrogens with zero attached hydrogens (tertiary/aromatic N) is 6. The number of nitrogens with two attached hydrogens (primary N) is 2. The van der Waals surface area contributed by atoms with Crippen molar-refractivity contribution in [2.45, 2.75) is 67.6 Å². The third kappa shape index (κ3) is 5.52. The monoisotopic (exact) mass is 680 g/mol. The highest BCUT2D eigenvalue weighted by atomic mass is 31.2. The Labute approximate surface area is 251 Å². The Kier molecular flexibility index (Phi) is 7.68. The quantitative estimate of drug-likeness (QED) is 0.153. The molecule has 1 amide bonds. The maximum absolute atomic E-state index is 15.8. The first-order valence-electron chi connectivity index (χ1n) is 13.3. The number of aliphatic imine (C=N–C) groups is 1. The number of fused-ring (bicyclic) bond motifs is 6. The van der Waals surface area contributed by atoms with Gasteiger partial charge in [0.05, 0.1) is 25.9 Å². The van der Waals surface area contributed by atoms with Gasteiger partial charge < -0.3 is 40.3 Å². The largest absolute Gasteiger partial charge is 0.472 e. The summed E-state index contributed by atoms with van der Waals surface area (Å²) in [5.74, 6) is -0.533. The molecule has 9 N–H and O–H groups in total. The number of hydrogen-bond donors (Lipinski definition) is 7. The van der Waals surface area contributed by atoms with Crippen molar-refractivity contribution in [2.24, 2.45) is 10.7 Å². The zero-order chi connectivity index (χ0) is 31.8. The second kappa shape index (κ2) is 11.2. The van der Waals surface area contributed by atoms with E-state index in [1.54, 1.807) is 0 Å². The van der Waals surface area contributed by atoms with Crippen LogP contribution < -0.4 is 22.1 Å². The third-order valence-corrected chi connectivity index (χ3v) is 9.71. The number of aromatic nitrogens is 4. The third-order valence-electron chi connectivity index (χ3n) is 7.74. The highest BCUT2D eigenvalue weighted by molar-refractivity contribution is 7.47. The number of amides is 1. The van der Waals surface area contributed by atoms with E-state index < -0.39 is 102 Å². The van der Waals surface area contributed by atoms with Gasteiger partial charge in [0.2, 0.25) is 0 Å². The van der Waals surface area contributed by atoms with Crippen LogP contribution in [-0.2, 0) is 41.5 Å². The molecule has 246 valence electrons. The molecule has 45 heavy (non-hydrogen) atoms. The minimum atomic E-state index is -5.14. The van der Waals surface area contributed by atoms with Crippen LogP contribution in [0.2, 0.25) is 0 Å². The molecule has 0 spiro atoms. The van der Waals surface area contributed by atoms with Crippen LogP contribution in [0.3, 0.4) is 0 Å². The van der Waals surface area contributed by atoms with Crippen LogP contribution in [0, 0.1) is 0 Å². The van der Waals surface area contributed by atoms with E-state index in [4.69, 9.17) is 39.0 Å². The number of ether oxygens (including phenoxy) is 2. The number of nitrogen functional groups attached to an aromatic ring is 1. The molecular formula is C20H27FN10O12P2. The Balaban J connectivity index is 1.18. The fourth-order valence-corrected chi connectivity index (χ4v) is 7.53. The summed E-state index contributed by atoms with van der Waals surface area (Å²) < 4.78 is 75.5. The molecule has 2 aromatic heterocycles. The van der Waals surface area contributed by atoms with Crippen LogP contribution >= 0.6 is 15.6 Å². The molecule has 5 aliphatic heterocycles. The Morgan fingerprint density at radius 2 is 1.71 bits per heavy atom. The fourth-order valence-electron chi connectivity index (χ4n) is 5.68. The predicted molar refractivity (Wildman–Crippen MR) is 142 cm³/mol. The Bertz CT molecular complexity index is 1620. The molecule has 0 aromatic carbocycles. The number of carbonyl (C=O) groups excluding carboxylic acids is 1. The van der Waals surface area contributed by atoms with E-state index in [9.17, 15) is 28.8 Å². The summed E-state index contributed by atoms with van der Waals surface area (Å²) in [6.45, 7) is -1.76. The summed E-state index contributed by atoms with van der Waals surface area (Å²) in [5, 5.41) is 16.3. The van der Waals surface area contributed by atoms with Gasteiger partial charge >= 0.3 is 15.6 Å². The van der Waals surface area contributed by atoms with Crippen molar-refractivity contribution in [2.75, 3.05) is 18.9 Å². The molecule has 4 saturated heterocycles. The number of phosphoric acid groups is 2. The number of aliphatic hydroxyl groups is 1. The first-order chi connectivity index (χ1) is 21.3. The van der Waals surface area contributed by atoms with Crippen molar-refractivity contribution in [3.05, 3.63) is 12.7 Å². The summed E-state index contributed by atoms with van der Waals surface area (Å²) in [7, 11) is -10.3. The van der Waals surface area contributed by atoms with Crippen molar-refractivity contribution < 1.29 is 60.8 Å². The molecule has 4 fully saturated rings. The lowest BCUT2D eigenvalue weighted by molar-refractivity contribution is -0.130. The van der Waals surface area contributed by atoms with E-state index in [1.807, 2.05) is 0 Å². The number of nitrogens with one attached hydrogen (secondary N) is 2. The molecule has 0 aliphatic carbocycles. The van der Waals surface area contributed by atoms with Crippen molar-refractivity contribution in [1.29, 1.82) is 0 Å². The van der Waals surface area contributed by atoms with Crippen molar-refractivity contribution in [3.63, 3.8) is 0 Å². The summed E-state index contributed by atoms with van der Waals surface area (Å²) in [5.41, 5.74) is 11.9. The molecule has 22 nitrogen and oxygen atoms in total. The fraction of sp³-hybridized carbons (Fsp3) is 0.650. The van der Waals surface area contributed by atoms with Crippen LogP contribution in [0.4, 0.5) is 10.2 Å². The maximum Gasteiger partial charge on any atom is 0.472 e. The lowest BCUT2D eigenvalue weighted by Gasteiger charge is -2.39. The van der Waals surface area contributed by atoms with Gasteiger partial charge in [-0.2, -0.15) is 0 Å². The number of aliphatic hydroxyl groups excluding tert-OH is 1. The SMILES string of the molecule is Nc1ncnc2c1ncn2[C@@H]1O[C@@H]2COP(=O)(O)O[C@@H]3[C@H](F)[C@@H](COP(=O)(O)O[C@@H]1[C@@H]2O)O[C@H]3N1C=NC2C(=O)NC(N)NC21. The molecule has 5 unspecified atom stereocenters. The molecule has 0 saturated carbocycles. The summed E-state index contributed by atoms with van der Waals surface area (Å²) in [4.78, 5) is 50.9. The van der Waals surface area contributed by atoms with Crippen molar-refractivity contribution in [3.8, 4) is 0 Å². The lowest BCUT2D eigenvalue weighted by Crippen LogP contribution is -2.70. The topological polar surface area (TPSA) is 303 Å². The van der Waals surface area contributed by atoms with Gasteiger partial charge in [-0.3, -0.25) is 43.5 Å². The van der Waals surface area contributed by atoms with E-state index in [-0.39, 0.29) is 17.0 Å². The second-order valence-electron chi connectivity index (χ2n) is 10.6. The molecule has 25 heteroatoms. The average Bonchev–Trinajstić information content (AvgIpc) is 3.72. The number of halogens is 1. The number of carbonyl (C=O) groups is 1. The van der Waals surface area contributed by atoms with Gasteiger partial charge in [0, 0.05) is 0 Å². The second-order valence-corrected chi connectivity index (χ2v) is 13.4. The standard InChI is InChI=1S/C20H27FN10O12P2/c21-8-6-1-38-45(36,37)43-13-11(32)7(41-19(13)30-4-26-9-14(22)24-3-25-15(9)30)2-39-44(34,35)42-12(8)18(40-6)31-5-27-10-16(31)28-20(23)29-17(10)33/h3-8,10-13,16,18-20,28,32H,1-2,23H2,(H,29,33)(H,34,35)(H,36,37)(H2,22,24,25)/t6-,7-,8-,10?,11-,12-,13-,16?,18-,19-,20?/m1/s1. The Hall–Kier alpha value is -2.76. The molecule has 5 aliphatic rings. The number of anilines is 1. The summed E-state index contributed by atoms with van der Waals surface area (Å²) in [6.07, 6.45) is -12.1. The van der Waals surface area contributed by atoms with E-state index in [2.05, 4.69) is 30.6 Å². The summed E-state index contributed by atoms with van der Waals surface area (Å²) in [6, 6.07) is -1.03. The van der Waals surface area contributed by atoms with Gasteiger partial charge in [0.1, 0.15) is 54.8 Å². The minimum Gasteiger partial charge on any atom is -0.387 e. The molecule has 4 bridgehead atoms. The first-order valence-corrected chi connectivity index (χ1v) is 16.3. The van der Waals surface area contributed by atoms with Gasteiger partial charge in [0.15, 0.2) is 36.1 Å². The van der Waals surface area contributed by atoms with Crippen LogP contribution in [0.5, 0.6) is 0 Å². The van der Waals surface area contributed by atoms with E-state index in [0.717, 1.165) is 12.7 Å². The lowest BCUT2D eigenvalue weighted by atomic mass is 10.1. The van der Waals surface area contributed by atoms with E-state index in [0.29, 0.717) is 0 Å². The van der Waals surface area contributed by atoms with Gasteiger partial charge in [0.25, 0.3) is 5.91 Å². The van der Waals surface area contributed by atoms with E-state index >= 15 is 4.39 Å². The number of phosphoric ester groups is 2. The normalized spacial score (nSPS) is 45.4. The Morgan fingerprint density at radius 1 is 1.02 bits per heavy atom. The molecule has 13 atom stereocenters. The van der Waals surface area contributed by atoms with Gasteiger partial charge in [-0.1, -0.05) is 0 Å². The van der Waals surface area contributed by atoms with Crippen LogP contribution in [-0.4, -0.2) is 126 Å². The zero-order valence-electron chi connectivity index (χ0n) is 22.6. The summed E-state index contributed by atoms with van der Waals surface area (Å²) >= 11 is 0. The minimum absolute atomic E-state index is 0.0119. The van der Waals surface area contributed by atoms with E-state index in [1.165, 1.54) is 15.8 Å². The number of imidazole rings is 1. The van der Waals surface area contributed by atoms with Crippen molar-refractivity contribution in [1.82, 2.24) is 35.1 Å². The molecule has 7 rings (SSSR count). The van der Waals surface area contributed by atoms with Crippen molar-refractivity contribution >= 4 is 44.9 Å². The van der Waals surface area contributed by atoms with Gasteiger partial charge in [-0.15, -0.1) is 0 Å². The Morgan fingerprint density at radius 3 is 2.47 bits per heavy atom. The predicted octanol–water partition coefficient (Wildman–Crippen LogP) is -3.25. The smallest absolute Gasteiger partial charge is 0.387 e. The zero-order valence-corrected chi connectivity index (χ0v) is 24.4. The highest BCUT2D eigenvalue weighted by Gasteiger charge is 2.57. The number of rotatable bonds is 2. The molecule has 0 radical (unpaired) electrons. The van der Waals surface area contributed by atoms with Gasteiger partial charge in [-0.05, 0) is 0 Å².